The highest BCUT2D eigenvalue weighted by atomic mass is 19.4. The lowest BCUT2D eigenvalue weighted by atomic mass is 10.0. The molecular formula is C9H15F3N2O3. The molecule has 0 aliphatic carbocycles. The molecule has 0 radical (unpaired) electrons. The molecule has 0 saturated heterocycles. The topological polar surface area (TPSA) is 92.4 Å². The van der Waals surface area contributed by atoms with E-state index in [0.717, 1.165) is 0 Å². The fourth-order valence-electron chi connectivity index (χ4n) is 0.972. The van der Waals surface area contributed by atoms with Gasteiger partial charge in [-0.15, -0.1) is 0 Å². The zero-order chi connectivity index (χ0) is 13.9. The number of nitrogens with two attached hydrogens (primary N) is 1. The number of carbonyl (C=O) groups is 2. The number of carboxylic acids is 1. The summed E-state index contributed by atoms with van der Waals surface area (Å²) >= 11 is 0. The fraction of sp³-hybridized carbons (Fsp3) is 0.778. The lowest BCUT2D eigenvalue weighted by Crippen LogP contribution is -2.62. The predicted octanol–water partition coefficient (Wildman–Crippen LogP) is 0.636. The minimum absolute atomic E-state index is 0.200. The van der Waals surface area contributed by atoms with E-state index >= 15 is 0 Å². The molecule has 0 aliphatic heterocycles. The van der Waals surface area contributed by atoms with Crippen LogP contribution in [0.25, 0.3) is 0 Å². The molecule has 0 rings (SSSR count). The van der Waals surface area contributed by atoms with E-state index in [0.29, 0.717) is 6.92 Å². The third kappa shape index (κ3) is 4.22. The van der Waals surface area contributed by atoms with Gasteiger partial charge in [-0.3, -0.25) is 9.59 Å². The lowest BCUT2D eigenvalue weighted by molar-refractivity contribution is -0.187. The van der Waals surface area contributed by atoms with Crippen LogP contribution in [0.1, 0.15) is 26.7 Å². The molecule has 0 aliphatic rings. The molecule has 0 spiro atoms. The SMILES string of the molecule is CCC(CC(=O)O)NC(=O)C(C)(N)C(F)(F)F. The summed E-state index contributed by atoms with van der Waals surface area (Å²) in [5, 5.41) is 10.5. The van der Waals surface area contributed by atoms with Crippen LogP contribution in [-0.4, -0.2) is 34.7 Å². The van der Waals surface area contributed by atoms with E-state index < -0.39 is 36.1 Å². The van der Waals surface area contributed by atoms with Gasteiger partial charge in [0.2, 0.25) is 5.91 Å². The van der Waals surface area contributed by atoms with Gasteiger partial charge in [0, 0.05) is 6.04 Å². The van der Waals surface area contributed by atoms with Gasteiger partial charge in [-0.2, -0.15) is 13.2 Å². The van der Waals surface area contributed by atoms with Gasteiger partial charge in [0.15, 0.2) is 5.54 Å². The Morgan fingerprint density at radius 1 is 1.41 bits per heavy atom. The van der Waals surface area contributed by atoms with E-state index in [-0.39, 0.29) is 6.42 Å². The first-order valence-corrected chi connectivity index (χ1v) is 4.90. The number of nitrogens with one attached hydrogen (secondary N) is 1. The van der Waals surface area contributed by atoms with Crippen LogP contribution in [0.2, 0.25) is 0 Å². The van der Waals surface area contributed by atoms with Crippen molar-refractivity contribution in [2.75, 3.05) is 0 Å². The number of amides is 1. The number of hydrogen-bond donors (Lipinski definition) is 3. The fourth-order valence-corrected chi connectivity index (χ4v) is 0.972. The van der Waals surface area contributed by atoms with Gasteiger partial charge < -0.3 is 16.2 Å². The molecule has 4 N–H and O–H groups in total. The third-order valence-electron chi connectivity index (χ3n) is 2.31. The maximum absolute atomic E-state index is 12.4. The Hall–Kier alpha value is -1.31. The highest BCUT2D eigenvalue weighted by Crippen LogP contribution is 2.28. The minimum atomic E-state index is -4.89. The molecule has 0 saturated carbocycles. The van der Waals surface area contributed by atoms with Gasteiger partial charge in [-0.05, 0) is 13.3 Å². The molecular weight excluding hydrogens is 241 g/mol. The van der Waals surface area contributed by atoms with Crippen molar-refractivity contribution in [3.63, 3.8) is 0 Å². The molecule has 1 amide bonds. The van der Waals surface area contributed by atoms with Crippen LogP contribution in [0.5, 0.6) is 0 Å². The van der Waals surface area contributed by atoms with Crippen LogP contribution in [0.15, 0.2) is 0 Å². The zero-order valence-electron chi connectivity index (χ0n) is 9.47. The van der Waals surface area contributed by atoms with E-state index in [4.69, 9.17) is 10.8 Å². The summed E-state index contributed by atoms with van der Waals surface area (Å²) in [7, 11) is 0. The van der Waals surface area contributed by atoms with Crippen molar-refractivity contribution < 1.29 is 27.9 Å². The Morgan fingerprint density at radius 3 is 2.18 bits per heavy atom. The van der Waals surface area contributed by atoms with E-state index in [1.807, 2.05) is 5.32 Å². The number of alkyl halides is 3. The van der Waals surface area contributed by atoms with Crippen molar-refractivity contribution in [1.82, 2.24) is 5.32 Å². The Balaban J connectivity index is 4.67. The van der Waals surface area contributed by atoms with Gasteiger partial charge in [0.1, 0.15) is 0 Å². The second-order valence-corrected chi connectivity index (χ2v) is 3.88. The average molecular weight is 256 g/mol. The summed E-state index contributed by atoms with van der Waals surface area (Å²) in [6, 6.07) is -0.870. The number of hydrogen-bond acceptors (Lipinski definition) is 3. The van der Waals surface area contributed by atoms with Crippen LogP contribution in [0, 0.1) is 0 Å². The first-order chi connectivity index (χ1) is 7.52. The molecule has 2 atom stereocenters. The first kappa shape index (κ1) is 15.7. The van der Waals surface area contributed by atoms with Gasteiger partial charge in [0.05, 0.1) is 6.42 Å². The maximum atomic E-state index is 12.4. The summed E-state index contributed by atoms with van der Waals surface area (Å²) < 4.78 is 37.2. The molecule has 5 nitrogen and oxygen atoms in total. The van der Waals surface area contributed by atoms with E-state index in [9.17, 15) is 22.8 Å². The van der Waals surface area contributed by atoms with Gasteiger partial charge in [-0.25, -0.2) is 0 Å². The quantitative estimate of drug-likeness (QED) is 0.672. The van der Waals surface area contributed by atoms with E-state index in [1.165, 1.54) is 0 Å². The van der Waals surface area contributed by atoms with E-state index in [1.54, 1.807) is 6.92 Å². The maximum Gasteiger partial charge on any atom is 0.415 e. The summed E-state index contributed by atoms with van der Waals surface area (Å²) in [5.74, 6) is -2.64. The van der Waals surface area contributed by atoms with Crippen LogP contribution in [0.3, 0.4) is 0 Å². The van der Waals surface area contributed by atoms with Gasteiger partial charge in [0.25, 0.3) is 0 Å². The van der Waals surface area contributed by atoms with Crippen molar-refractivity contribution in [2.24, 2.45) is 5.73 Å². The molecule has 0 aromatic carbocycles. The number of carboxylic acid groups (broad SMARTS) is 1. The van der Waals surface area contributed by atoms with Crippen LogP contribution in [-0.2, 0) is 9.59 Å². The number of carbonyl (C=O) groups excluding carboxylic acids is 1. The number of halogens is 3. The molecule has 2 unspecified atom stereocenters. The van der Waals surface area contributed by atoms with Crippen molar-refractivity contribution >= 4 is 11.9 Å². The average Bonchev–Trinajstić information content (AvgIpc) is 2.13. The smallest absolute Gasteiger partial charge is 0.415 e. The van der Waals surface area contributed by atoms with Gasteiger partial charge >= 0.3 is 12.1 Å². The second kappa shape index (κ2) is 5.35. The third-order valence-corrected chi connectivity index (χ3v) is 2.31. The molecule has 100 valence electrons. The molecule has 0 aromatic heterocycles. The summed E-state index contributed by atoms with van der Waals surface area (Å²) in [5.41, 5.74) is 1.86. The second-order valence-electron chi connectivity index (χ2n) is 3.88. The Labute approximate surface area is 96.2 Å². The zero-order valence-corrected chi connectivity index (χ0v) is 9.47. The molecule has 0 fully saturated rings. The highest BCUT2D eigenvalue weighted by molar-refractivity contribution is 5.87. The normalized spacial score (nSPS) is 17.1. The van der Waals surface area contributed by atoms with Crippen molar-refractivity contribution in [3.8, 4) is 0 Å². The van der Waals surface area contributed by atoms with Gasteiger partial charge in [-0.1, -0.05) is 6.92 Å². The van der Waals surface area contributed by atoms with E-state index in [2.05, 4.69) is 0 Å². The Bertz CT molecular complexity index is 302. The molecule has 0 bridgehead atoms. The Kier molecular flexibility index (Phi) is 4.94. The number of aliphatic carboxylic acids is 1. The van der Waals surface area contributed by atoms with Crippen molar-refractivity contribution in [2.45, 2.75) is 44.4 Å². The molecule has 17 heavy (non-hydrogen) atoms. The largest absolute Gasteiger partial charge is 0.481 e. The summed E-state index contributed by atoms with van der Waals surface area (Å²) in [4.78, 5) is 21.7. The lowest BCUT2D eigenvalue weighted by Gasteiger charge is -2.28. The first-order valence-electron chi connectivity index (χ1n) is 4.90. The van der Waals surface area contributed by atoms with Crippen molar-refractivity contribution in [1.29, 1.82) is 0 Å². The molecule has 8 heteroatoms. The Morgan fingerprint density at radius 2 is 1.88 bits per heavy atom. The molecule has 0 heterocycles. The van der Waals surface area contributed by atoms with Crippen molar-refractivity contribution in [3.05, 3.63) is 0 Å². The highest BCUT2D eigenvalue weighted by Gasteiger charge is 2.54. The van der Waals surface area contributed by atoms with Crippen LogP contribution in [0.4, 0.5) is 13.2 Å². The number of rotatable bonds is 5. The summed E-state index contributed by atoms with van der Waals surface area (Å²) in [6.45, 7) is 2.09. The predicted molar refractivity (Wildman–Crippen MR) is 53.1 cm³/mol. The summed E-state index contributed by atoms with van der Waals surface area (Å²) in [6.07, 6.45) is -5.14. The standard InChI is InChI=1S/C9H15F3N2O3/c1-3-5(4-6(15)16)14-7(17)8(2,13)9(10,11)12/h5H,3-4,13H2,1-2H3,(H,14,17)(H,15,16). The monoisotopic (exact) mass is 256 g/mol. The molecule has 0 aromatic rings. The van der Waals surface area contributed by atoms with Crippen LogP contribution < -0.4 is 11.1 Å². The van der Waals surface area contributed by atoms with Crippen LogP contribution >= 0.6 is 0 Å². The minimum Gasteiger partial charge on any atom is -0.481 e.